The molecule has 0 radical (unpaired) electrons. The van der Waals surface area contributed by atoms with Gasteiger partial charge in [0.15, 0.2) is 5.96 Å². The number of nitrogens with one attached hydrogen (secondary N) is 3. The van der Waals surface area contributed by atoms with Crippen molar-refractivity contribution in [3.63, 3.8) is 0 Å². The van der Waals surface area contributed by atoms with E-state index in [1.165, 1.54) is 0 Å². The van der Waals surface area contributed by atoms with Crippen LogP contribution in [0, 0.1) is 5.92 Å². The Morgan fingerprint density at radius 3 is 1.94 bits per heavy atom. The van der Waals surface area contributed by atoms with Crippen molar-refractivity contribution in [2.75, 3.05) is 19.7 Å². The fourth-order valence-electron chi connectivity index (χ4n) is 3.12. The molecular formula is C21H42N8O6. The van der Waals surface area contributed by atoms with Crippen molar-refractivity contribution in [1.29, 1.82) is 0 Å². The second-order valence-corrected chi connectivity index (χ2v) is 8.67. The molecule has 35 heavy (non-hydrogen) atoms. The smallest absolute Gasteiger partial charge is 0.328 e. The lowest BCUT2D eigenvalue weighted by atomic mass is 10.0. The average Bonchev–Trinajstić information content (AvgIpc) is 2.77. The van der Waals surface area contributed by atoms with Gasteiger partial charge in [-0.2, -0.15) is 0 Å². The third-order valence-corrected chi connectivity index (χ3v) is 5.02. The maximum Gasteiger partial charge on any atom is 0.328 e. The van der Waals surface area contributed by atoms with Crippen LogP contribution in [0.5, 0.6) is 0 Å². The van der Waals surface area contributed by atoms with E-state index >= 15 is 0 Å². The number of unbranched alkanes of at least 4 members (excludes halogenated alkanes) is 1. The standard InChI is InChI=1S/C21H42N8O6/c1-12(2)10-15(19(33)29-16(11-30)20(34)35)28-18(32)14(7-3-4-8-22)27-17(31)13(23)6-5-9-26-21(24)25/h12-16,30H,3-11,22-23H2,1-2H3,(H,27,31)(H,28,32)(H,29,33)(H,34,35)(H4,24,25,26). The van der Waals surface area contributed by atoms with E-state index in [-0.39, 0.29) is 31.1 Å². The highest BCUT2D eigenvalue weighted by atomic mass is 16.4. The van der Waals surface area contributed by atoms with Gasteiger partial charge in [-0.05, 0) is 51.0 Å². The predicted molar refractivity (Wildman–Crippen MR) is 131 cm³/mol. The summed E-state index contributed by atoms with van der Waals surface area (Å²) in [5, 5.41) is 25.7. The summed E-state index contributed by atoms with van der Waals surface area (Å²) in [6.45, 7) is 3.57. The van der Waals surface area contributed by atoms with E-state index in [1.807, 2.05) is 13.8 Å². The summed E-state index contributed by atoms with van der Waals surface area (Å²) in [5.74, 6) is -3.40. The second-order valence-electron chi connectivity index (χ2n) is 8.67. The Morgan fingerprint density at radius 1 is 0.857 bits per heavy atom. The number of carbonyl (C=O) groups is 4. The van der Waals surface area contributed by atoms with Crippen molar-refractivity contribution in [3.8, 4) is 0 Å². The van der Waals surface area contributed by atoms with Gasteiger partial charge in [-0.3, -0.25) is 19.4 Å². The molecule has 0 aliphatic heterocycles. The lowest BCUT2D eigenvalue weighted by Gasteiger charge is -2.26. The highest BCUT2D eigenvalue weighted by molar-refractivity contribution is 5.94. The average molecular weight is 503 g/mol. The molecule has 14 heteroatoms. The van der Waals surface area contributed by atoms with Crippen molar-refractivity contribution in [3.05, 3.63) is 0 Å². The molecular weight excluding hydrogens is 460 g/mol. The van der Waals surface area contributed by atoms with Crippen LogP contribution in [0.1, 0.15) is 52.4 Å². The molecule has 0 aromatic rings. The van der Waals surface area contributed by atoms with E-state index in [2.05, 4.69) is 20.9 Å². The Morgan fingerprint density at radius 2 is 1.43 bits per heavy atom. The summed E-state index contributed by atoms with van der Waals surface area (Å²) in [6, 6.07) is -4.46. The number of aliphatic carboxylic acids is 1. The number of aliphatic hydroxyl groups excluding tert-OH is 1. The summed E-state index contributed by atoms with van der Waals surface area (Å²) in [5.41, 5.74) is 22.0. The normalized spacial score (nSPS) is 14.3. The van der Waals surface area contributed by atoms with Crippen molar-refractivity contribution < 1.29 is 29.4 Å². The zero-order valence-corrected chi connectivity index (χ0v) is 20.5. The molecule has 0 rings (SSSR count). The molecule has 0 saturated heterocycles. The first-order valence-electron chi connectivity index (χ1n) is 11.7. The third kappa shape index (κ3) is 14.1. The Bertz CT molecular complexity index is 714. The molecule has 0 aliphatic carbocycles. The van der Waals surface area contributed by atoms with Gasteiger partial charge in [0.25, 0.3) is 0 Å². The van der Waals surface area contributed by atoms with E-state index in [9.17, 15) is 24.3 Å². The fraction of sp³-hybridized carbons (Fsp3) is 0.762. The number of amides is 3. The summed E-state index contributed by atoms with van der Waals surface area (Å²) < 4.78 is 0. The summed E-state index contributed by atoms with van der Waals surface area (Å²) in [4.78, 5) is 53.2. The first kappa shape index (κ1) is 32.0. The van der Waals surface area contributed by atoms with Gasteiger partial charge in [-0.15, -0.1) is 0 Å². The minimum Gasteiger partial charge on any atom is -0.480 e. The molecule has 4 atom stereocenters. The molecule has 0 aromatic heterocycles. The van der Waals surface area contributed by atoms with Crippen LogP contribution in [0.25, 0.3) is 0 Å². The lowest BCUT2D eigenvalue weighted by molar-refractivity contribution is -0.143. The van der Waals surface area contributed by atoms with Gasteiger partial charge >= 0.3 is 5.97 Å². The van der Waals surface area contributed by atoms with Crippen LogP contribution in [0.3, 0.4) is 0 Å². The summed E-state index contributed by atoms with van der Waals surface area (Å²) in [7, 11) is 0. The van der Waals surface area contributed by atoms with Gasteiger partial charge < -0.3 is 49.1 Å². The molecule has 0 heterocycles. The minimum atomic E-state index is -1.51. The first-order chi connectivity index (χ1) is 16.4. The third-order valence-electron chi connectivity index (χ3n) is 5.02. The second kappa shape index (κ2) is 17.5. The molecule has 14 nitrogen and oxygen atoms in total. The highest BCUT2D eigenvalue weighted by Crippen LogP contribution is 2.08. The Balaban J connectivity index is 5.33. The molecule has 0 fully saturated rings. The zero-order chi connectivity index (χ0) is 27.0. The fourth-order valence-corrected chi connectivity index (χ4v) is 3.12. The largest absolute Gasteiger partial charge is 0.480 e. The topological polar surface area (TPSA) is 261 Å². The SMILES string of the molecule is CC(C)CC(NC(=O)C(CCCCN)NC(=O)C(N)CCCN=C(N)N)C(=O)NC(CO)C(=O)O. The molecule has 0 aromatic carbocycles. The number of hydrogen-bond acceptors (Lipinski definition) is 8. The molecule has 3 amide bonds. The molecule has 0 aliphatic rings. The van der Waals surface area contributed by atoms with Crippen LogP contribution >= 0.6 is 0 Å². The van der Waals surface area contributed by atoms with Crippen LogP contribution in [0.2, 0.25) is 0 Å². The maximum absolute atomic E-state index is 13.0. The monoisotopic (exact) mass is 502 g/mol. The number of hydrogen-bond donors (Lipinski definition) is 9. The van der Waals surface area contributed by atoms with E-state index in [4.69, 9.17) is 28.0 Å². The number of guanidine groups is 1. The van der Waals surface area contributed by atoms with Crippen molar-refractivity contribution in [2.24, 2.45) is 33.8 Å². The lowest BCUT2D eigenvalue weighted by Crippen LogP contribution is -2.57. The van der Waals surface area contributed by atoms with Crippen LogP contribution < -0.4 is 38.9 Å². The van der Waals surface area contributed by atoms with Gasteiger partial charge in [0, 0.05) is 6.54 Å². The molecule has 4 unspecified atom stereocenters. The maximum atomic E-state index is 13.0. The van der Waals surface area contributed by atoms with Crippen LogP contribution in [0.4, 0.5) is 0 Å². The predicted octanol–water partition coefficient (Wildman–Crippen LogP) is -2.93. The number of rotatable bonds is 18. The molecule has 0 saturated carbocycles. The van der Waals surface area contributed by atoms with Crippen molar-refractivity contribution in [1.82, 2.24) is 16.0 Å². The van der Waals surface area contributed by atoms with Gasteiger partial charge in [-0.25, -0.2) is 4.79 Å². The highest BCUT2D eigenvalue weighted by Gasteiger charge is 2.30. The quantitative estimate of drug-likeness (QED) is 0.0523. The number of carbonyl (C=O) groups excluding carboxylic acids is 3. The summed E-state index contributed by atoms with van der Waals surface area (Å²) >= 11 is 0. The number of carboxylic acid groups (broad SMARTS) is 1. The number of carboxylic acids is 1. The Labute approximate surface area is 205 Å². The van der Waals surface area contributed by atoms with Gasteiger partial charge in [0.1, 0.15) is 18.1 Å². The Hall–Kier alpha value is -2.97. The van der Waals surface area contributed by atoms with E-state index < -0.39 is 54.5 Å². The molecule has 13 N–H and O–H groups in total. The van der Waals surface area contributed by atoms with E-state index in [0.29, 0.717) is 32.4 Å². The summed E-state index contributed by atoms with van der Waals surface area (Å²) in [6.07, 6.45) is 2.39. The van der Waals surface area contributed by atoms with Crippen molar-refractivity contribution >= 4 is 29.7 Å². The van der Waals surface area contributed by atoms with Crippen molar-refractivity contribution in [2.45, 2.75) is 76.5 Å². The molecule has 202 valence electrons. The van der Waals surface area contributed by atoms with Gasteiger partial charge in [-0.1, -0.05) is 13.8 Å². The van der Waals surface area contributed by atoms with Gasteiger partial charge in [0.2, 0.25) is 17.7 Å². The first-order valence-corrected chi connectivity index (χ1v) is 11.7. The number of nitrogens with zero attached hydrogens (tertiary/aromatic N) is 1. The number of aliphatic hydroxyl groups is 1. The Kier molecular flexibility index (Phi) is 16.0. The van der Waals surface area contributed by atoms with Crippen LogP contribution in [-0.2, 0) is 19.2 Å². The number of nitrogens with two attached hydrogens (primary N) is 4. The van der Waals surface area contributed by atoms with Gasteiger partial charge in [0.05, 0.1) is 12.6 Å². The van der Waals surface area contributed by atoms with E-state index in [1.54, 1.807) is 0 Å². The van der Waals surface area contributed by atoms with Crippen LogP contribution in [-0.4, -0.2) is 83.7 Å². The molecule has 0 bridgehead atoms. The minimum absolute atomic E-state index is 0.0209. The zero-order valence-electron chi connectivity index (χ0n) is 20.5. The van der Waals surface area contributed by atoms with Crippen LogP contribution in [0.15, 0.2) is 4.99 Å². The number of aliphatic imine (C=N–C) groups is 1. The van der Waals surface area contributed by atoms with E-state index in [0.717, 1.165) is 0 Å². The molecule has 0 spiro atoms.